The summed E-state index contributed by atoms with van der Waals surface area (Å²) in [6.45, 7) is 11.9. The van der Waals surface area contributed by atoms with Crippen molar-refractivity contribution >= 4 is 11.6 Å². The summed E-state index contributed by atoms with van der Waals surface area (Å²) in [5.41, 5.74) is 3.55. The second-order valence-electron chi connectivity index (χ2n) is 5.26. The maximum absolute atomic E-state index is 11.5. The maximum Gasteiger partial charge on any atom is 0.228 e. The Balaban J connectivity index is 0.00000106. The number of carbonyl (C=O) groups is 1. The van der Waals surface area contributed by atoms with Crippen molar-refractivity contribution in [2.24, 2.45) is 0 Å². The van der Waals surface area contributed by atoms with Crippen LogP contribution in [0.25, 0.3) is 0 Å². The third kappa shape index (κ3) is 5.16. The Bertz CT molecular complexity index is 437. The number of hydrogen-bond acceptors (Lipinski definition) is 2. The molecule has 1 N–H and O–H groups in total. The van der Waals surface area contributed by atoms with Crippen LogP contribution in [0, 0.1) is 0 Å². The molecule has 0 fully saturated rings. The van der Waals surface area contributed by atoms with E-state index in [2.05, 4.69) is 30.1 Å². The van der Waals surface area contributed by atoms with Gasteiger partial charge in [-0.15, -0.1) is 0 Å². The molecule has 118 valence electrons. The van der Waals surface area contributed by atoms with Gasteiger partial charge < -0.3 is 10.2 Å². The van der Waals surface area contributed by atoms with E-state index in [0.717, 1.165) is 18.7 Å². The van der Waals surface area contributed by atoms with Crippen LogP contribution in [-0.2, 0) is 17.6 Å². The highest BCUT2D eigenvalue weighted by atomic mass is 16.1. The number of fused-ring (bicyclic) bond motifs is 1. The number of hydrogen-bond donors (Lipinski definition) is 1. The van der Waals surface area contributed by atoms with E-state index in [1.54, 1.807) is 0 Å². The number of amides is 1. The summed E-state index contributed by atoms with van der Waals surface area (Å²) in [7, 11) is 0. The molecule has 1 heterocycles. The molecule has 21 heavy (non-hydrogen) atoms. The van der Waals surface area contributed by atoms with Gasteiger partial charge in [-0.3, -0.25) is 4.79 Å². The average molecular weight is 290 g/mol. The van der Waals surface area contributed by atoms with E-state index in [9.17, 15) is 4.79 Å². The van der Waals surface area contributed by atoms with Crippen LogP contribution in [0.5, 0.6) is 0 Å². The van der Waals surface area contributed by atoms with Gasteiger partial charge in [-0.05, 0) is 49.5 Å². The molecule has 3 nitrogen and oxygen atoms in total. The average Bonchev–Trinajstić information content (AvgIpc) is 2.88. The number of benzene rings is 1. The lowest BCUT2D eigenvalue weighted by molar-refractivity contribution is -0.115. The summed E-state index contributed by atoms with van der Waals surface area (Å²) in [6, 6.07) is 6.21. The molecule has 2 rings (SSSR count). The summed E-state index contributed by atoms with van der Waals surface area (Å²) >= 11 is 0. The fraction of sp³-hybridized carbons (Fsp3) is 0.611. The molecule has 1 aliphatic heterocycles. The number of nitrogens with one attached hydrogen (secondary N) is 1. The molecule has 0 unspecified atom stereocenters. The zero-order valence-corrected chi connectivity index (χ0v) is 14.0. The summed E-state index contributed by atoms with van der Waals surface area (Å²) < 4.78 is 0. The molecule has 0 radical (unpaired) electrons. The standard InChI is InChI=1S/C16H24N2O.C2H6/c1-3-9-18(10-4-2)11-8-13-6-5-7-15-14(13)12-16(19)17-15;1-2/h5-7H,3-4,8-12H2,1-2H3,(H,17,19);1-2H3. The summed E-state index contributed by atoms with van der Waals surface area (Å²) in [4.78, 5) is 14.0. The maximum atomic E-state index is 11.5. The highest BCUT2D eigenvalue weighted by Crippen LogP contribution is 2.26. The van der Waals surface area contributed by atoms with Gasteiger partial charge in [0.2, 0.25) is 5.91 Å². The number of nitrogens with zero attached hydrogens (tertiary/aromatic N) is 1. The minimum Gasteiger partial charge on any atom is -0.326 e. The highest BCUT2D eigenvalue weighted by molar-refractivity contribution is 5.99. The fourth-order valence-corrected chi connectivity index (χ4v) is 2.80. The molecule has 0 aromatic heterocycles. The predicted molar refractivity (Wildman–Crippen MR) is 90.8 cm³/mol. The Hall–Kier alpha value is -1.35. The molecule has 0 atom stereocenters. The Kier molecular flexibility index (Phi) is 8.06. The number of rotatable bonds is 7. The largest absolute Gasteiger partial charge is 0.326 e. The van der Waals surface area contributed by atoms with Crippen LogP contribution < -0.4 is 5.32 Å². The smallest absolute Gasteiger partial charge is 0.228 e. The molecule has 1 aliphatic rings. The summed E-state index contributed by atoms with van der Waals surface area (Å²) in [5.74, 6) is 0.126. The first-order valence-electron chi connectivity index (χ1n) is 8.37. The molecular formula is C18H30N2O. The van der Waals surface area contributed by atoms with E-state index >= 15 is 0 Å². The minimum absolute atomic E-state index is 0.126. The molecule has 0 bridgehead atoms. The van der Waals surface area contributed by atoms with Gasteiger partial charge in [0.1, 0.15) is 0 Å². The van der Waals surface area contributed by atoms with Crippen molar-refractivity contribution in [3.8, 4) is 0 Å². The first kappa shape index (κ1) is 17.7. The molecule has 1 aromatic carbocycles. The van der Waals surface area contributed by atoms with Gasteiger partial charge in [0, 0.05) is 12.2 Å². The molecular weight excluding hydrogens is 260 g/mol. The van der Waals surface area contributed by atoms with Crippen molar-refractivity contribution in [3.05, 3.63) is 29.3 Å². The molecule has 0 aliphatic carbocycles. The van der Waals surface area contributed by atoms with E-state index in [0.29, 0.717) is 6.42 Å². The van der Waals surface area contributed by atoms with Crippen LogP contribution in [0.4, 0.5) is 5.69 Å². The summed E-state index contributed by atoms with van der Waals surface area (Å²) in [5, 5.41) is 2.92. The number of anilines is 1. The zero-order chi connectivity index (χ0) is 15.7. The predicted octanol–water partition coefficient (Wildman–Crippen LogP) is 3.87. The van der Waals surface area contributed by atoms with Gasteiger partial charge in [0.05, 0.1) is 6.42 Å². The topological polar surface area (TPSA) is 32.3 Å². The second kappa shape index (κ2) is 9.56. The third-order valence-electron chi connectivity index (χ3n) is 3.66. The first-order chi connectivity index (χ1) is 10.2. The zero-order valence-electron chi connectivity index (χ0n) is 14.0. The van der Waals surface area contributed by atoms with E-state index in [4.69, 9.17) is 0 Å². The lowest BCUT2D eigenvalue weighted by Gasteiger charge is -2.21. The minimum atomic E-state index is 0.126. The Labute approximate surface area is 129 Å². The Morgan fingerprint density at radius 3 is 2.38 bits per heavy atom. The second-order valence-corrected chi connectivity index (χ2v) is 5.26. The SMILES string of the molecule is CC.CCCN(CCC)CCc1cccc2c1CC(=O)N2. The quantitative estimate of drug-likeness (QED) is 0.826. The third-order valence-corrected chi connectivity index (χ3v) is 3.66. The van der Waals surface area contributed by atoms with Crippen LogP contribution in [0.3, 0.4) is 0 Å². The fourth-order valence-electron chi connectivity index (χ4n) is 2.80. The molecule has 1 aromatic rings. The van der Waals surface area contributed by atoms with E-state index in [-0.39, 0.29) is 5.91 Å². The van der Waals surface area contributed by atoms with Crippen molar-refractivity contribution in [1.29, 1.82) is 0 Å². The van der Waals surface area contributed by atoms with Crippen LogP contribution in [0.2, 0.25) is 0 Å². The number of carbonyl (C=O) groups excluding carboxylic acids is 1. The van der Waals surface area contributed by atoms with Gasteiger partial charge >= 0.3 is 0 Å². The van der Waals surface area contributed by atoms with Gasteiger partial charge in [-0.25, -0.2) is 0 Å². The van der Waals surface area contributed by atoms with Gasteiger partial charge in [-0.1, -0.05) is 39.8 Å². The van der Waals surface area contributed by atoms with Gasteiger partial charge in [0.25, 0.3) is 0 Å². The van der Waals surface area contributed by atoms with Crippen molar-refractivity contribution in [2.45, 2.75) is 53.4 Å². The molecule has 0 spiro atoms. The lowest BCUT2D eigenvalue weighted by atomic mass is 10.0. The van der Waals surface area contributed by atoms with E-state index in [1.165, 1.54) is 37.1 Å². The van der Waals surface area contributed by atoms with Crippen molar-refractivity contribution < 1.29 is 4.79 Å². The van der Waals surface area contributed by atoms with Crippen molar-refractivity contribution in [1.82, 2.24) is 4.90 Å². The van der Waals surface area contributed by atoms with Crippen LogP contribution >= 0.6 is 0 Å². The monoisotopic (exact) mass is 290 g/mol. The molecule has 1 amide bonds. The van der Waals surface area contributed by atoms with Crippen molar-refractivity contribution in [3.63, 3.8) is 0 Å². The highest BCUT2D eigenvalue weighted by Gasteiger charge is 2.20. The Morgan fingerprint density at radius 2 is 1.76 bits per heavy atom. The van der Waals surface area contributed by atoms with E-state index in [1.807, 2.05) is 26.0 Å². The van der Waals surface area contributed by atoms with Crippen LogP contribution in [-0.4, -0.2) is 30.4 Å². The molecule has 0 saturated heterocycles. The van der Waals surface area contributed by atoms with Crippen molar-refractivity contribution in [2.75, 3.05) is 25.0 Å². The van der Waals surface area contributed by atoms with Crippen LogP contribution in [0.15, 0.2) is 18.2 Å². The first-order valence-corrected chi connectivity index (χ1v) is 8.37. The van der Waals surface area contributed by atoms with Gasteiger partial charge in [-0.2, -0.15) is 0 Å². The van der Waals surface area contributed by atoms with E-state index < -0.39 is 0 Å². The molecule has 3 heteroatoms. The van der Waals surface area contributed by atoms with Crippen LogP contribution in [0.1, 0.15) is 51.7 Å². The lowest BCUT2D eigenvalue weighted by Crippen LogP contribution is -2.28. The Morgan fingerprint density at radius 1 is 1.10 bits per heavy atom. The van der Waals surface area contributed by atoms with Gasteiger partial charge in [0.15, 0.2) is 0 Å². The summed E-state index contributed by atoms with van der Waals surface area (Å²) in [6.07, 6.45) is 3.99. The molecule has 0 saturated carbocycles. The normalized spacial score (nSPS) is 12.7.